The summed E-state index contributed by atoms with van der Waals surface area (Å²) in [5, 5.41) is 2.92. The van der Waals surface area contributed by atoms with Crippen LogP contribution in [0.25, 0.3) is 0 Å². The number of para-hydroxylation sites is 1. The van der Waals surface area contributed by atoms with Crippen molar-refractivity contribution in [3.05, 3.63) is 59.2 Å². The molecular weight excluding hydrogens is 402 g/mol. The van der Waals surface area contributed by atoms with Crippen molar-refractivity contribution < 1.29 is 17.9 Å². The number of methoxy groups -OCH3 is 1. The zero-order valence-electron chi connectivity index (χ0n) is 17.7. The predicted octanol–water partition coefficient (Wildman–Crippen LogP) is 2.57. The topological polar surface area (TPSA) is 79.0 Å². The van der Waals surface area contributed by atoms with Crippen molar-refractivity contribution in [2.45, 2.75) is 25.2 Å². The van der Waals surface area contributed by atoms with Gasteiger partial charge in [0.15, 0.2) is 0 Å². The highest BCUT2D eigenvalue weighted by atomic mass is 32.2. The molecule has 3 rings (SSSR count). The minimum atomic E-state index is -3.56. The minimum absolute atomic E-state index is 0.173. The van der Waals surface area contributed by atoms with Gasteiger partial charge >= 0.3 is 6.03 Å². The molecule has 0 radical (unpaired) electrons. The molecule has 8 heteroatoms. The lowest BCUT2D eigenvalue weighted by Gasteiger charge is -2.34. The monoisotopic (exact) mass is 431 g/mol. The molecule has 1 saturated heterocycles. The number of nitrogens with one attached hydrogen (secondary N) is 1. The van der Waals surface area contributed by atoms with E-state index in [9.17, 15) is 13.2 Å². The number of nitrogens with zero attached hydrogens (tertiary/aromatic N) is 2. The van der Waals surface area contributed by atoms with Crippen molar-refractivity contribution in [2.75, 3.05) is 39.8 Å². The van der Waals surface area contributed by atoms with Crippen molar-refractivity contribution in [1.29, 1.82) is 0 Å². The maximum absolute atomic E-state index is 13.0. The predicted molar refractivity (Wildman–Crippen MR) is 116 cm³/mol. The average Bonchev–Trinajstić information content (AvgIpc) is 2.75. The Morgan fingerprint density at radius 1 is 1.07 bits per heavy atom. The molecule has 1 aliphatic rings. The Morgan fingerprint density at radius 2 is 1.77 bits per heavy atom. The number of carbonyl (C=O) groups is 1. The van der Waals surface area contributed by atoms with Crippen LogP contribution in [-0.4, -0.2) is 63.5 Å². The molecule has 2 aromatic rings. The number of urea groups is 1. The van der Waals surface area contributed by atoms with Gasteiger partial charge in [0, 0.05) is 32.7 Å². The highest BCUT2D eigenvalue weighted by Gasteiger charge is 2.31. The first kappa shape index (κ1) is 22.1. The van der Waals surface area contributed by atoms with Gasteiger partial charge in [-0.1, -0.05) is 30.3 Å². The number of benzene rings is 2. The summed E-state index contributed by atoms with van der Waals surface area (Å²) in [6, 6.07) is 13.0. The van der Waals surface area contributed by atoms with Gasteiger partial charge in [0.1, 0.15) is 5.75 Å². The number of sulfonamides is 1. The smallest absolute Gasteiger partial charge is 0.317 e. The average molecular weight is 432 g/mol. The summed E-state index contributed by atoms with van der Waals surface area (Å²) in [6.45, 7) is 5.48. The van der Waals surface area contributed by atoms with Crippen molar-refractivity contribution in [3.63, 3.8) is 0 Å². The summed E-state index contributed by atoms with van der Waals surface area (Å²) in [5.74, 6) is 0.803. The highest BCUT2D eigenvalue weighted by molar-refractivity contribution is 7.89. The number of ether oxygens (including phenoxy) is 1. The second kappa shape index (κ2) is 9.49. The van der Waals surface area contributed by atoms with E-state index in [-0.39, 0.29) is 19.1 Å². The lowest BCUT2D eigenvalue weighted by atomic mass is 10.1. The summed E-state index contributed by atoms with van der Waals surface area (Å²) in [5.41, 5.74) is 2.68. The zero-order chi connectivity index (χ0) is 21.7. The van der Waals surface area contributed by atoms with Gasteiger partial charge in [-0.3, -0.25) is 0 Å². The fourth-order valence-electron chi connectivity index (χ4n) is 3.58. The summed E-state index contributed by atoms with van der Waals surface area (Å²) < 4.78 is 32.8. The molecule has 0 spiro atoms. The molecule has 2 aromatic carbocycles. The molecule has 0 aliphatic carbocycles. The van der Waals surface area contributed by atoms with Crippen LogP contribution in [0, 0.1) is 13.8 Å². The molecule has 1 aliphatic heterocycles. The number of rotatable bonds is 6. The fraction of sp³-hybridized carbons (Fsp3) is 0.409. The molecule has 0 saturated carbocycles. The van der Waals surface area contributed by atoms with Gasteiger partial charge in [-0.15, -0.1) is 0 Å². The zero-order valence-corrected chi connectivity index (χ0v) is 18.5. The number of hydrogen-bond donors (Lipinski definition) is 1. The Bertz CT molecular complexity index is 999. The van der Waals surface area contributed by atoms with Crippen LogP contribution in [0.2, 0.25) is 0 Å². The molecule has 0 aromatic heterocycles. The lowest BCUT2D eigenvalue weighted by Crippen LogP contribution is -2.53. The quantitative estimate of drug-likeness (QED) is 0.763. The molecule has 162 valence electrons. The van der Waals surface area contributed by atoms with Crippen molar-refractivity contribution in [2.24, 2.45) is 0 Å². The van der Waals surface area contributed by atoms with Crippen LogP contribution in [0.4, 0.5) is 4.79 Å². The van der Waals surface area contributed by atoms with Gasteiger partial charge in [-0.25, -0.2) is 13.2 Å². The number of aryl methyl sites for hydroxylation is 2. The Balaban J connectivity index is 1.53. The second-order valence-electron chi connectivity index (χ2n) is 7.45. The van der Waals surface area contributed by atoms with Gasteiger partial charge in [0.05, 0.1) is 12.0 Å². The Hall–Kier alpha value is -2.58. The highest BCUT2D eigenvalue weighted by Crippen LogP contribution is 2.22. The van der Waals surface area contributed by atoms with E-state index in [1.807, 2.05) is 43.3 Å². The van der Waals surface area contributed by atoms with Crippen LogP contribution in [0.3, 0.4) is 0 Å². The fourth-order valence-corrected chi connectivity index (χ4v) is 5.31. The summed E-state index contributed by atoms with van der Waals surface area (Å²) in [7, 11) is -1.94. The van der Waals surface area contributed by atoms with E-state index in [0.29, 0.717) is 31.0 Å². The van der Waals surface area contributed by atoms with E-state index in [4.69, 9.17) is 4.74 Å². The Kier molecular flexibility index (Phi) is 6.99. The summed E-state index contributed by atoms with van der Waals surface area (Å²) in [6.07, 6.45) is 0.663. The van der Waals surface area contributed by atoms with Gasteiger partial charge in [-0.05, 0) is 49.1 Å². The van der Waals surface area contributed by atoms with Crippen molar-refractivity contribution in [3.8, 4) is 5.75 Å². The largest absolute Gasteiger partial charge is 0.496 e. The molecule has 0 atom stereocenters. The maximum Gasteiger partial charge on any atom is 0.317 e. The van der Waals surface area contributed by atoms with Crippen molar-refractivity contribution in [1.82, 2.24) is 14.5 Å². The Morgan fingerprint density at radius 3 is 2.47 bits per heavy atom. The Labute approximate surface area is 178 Å². The first-order valence-electron chi connectivity index (χ1n) is 10.0. The van der Waals surface area contributed by atoms with E-state index in [0.717, 1.165) is 22.4 Å². The van der Waals surface area contributed by atoms with E-state index in [1.165, 1.54) is 4.31 Å². The SMILES string of the molecule is COc1ccccc1CCNC(=O)N1CCN(S(=O)(=O)c2cc(C)ccc2C)CC1. The third kappa shape index (κ3) is 4.94. The van der Waals surface area contributed by atoms with Crippen molar-refractivity contribution >= 4 is 16.1 Å². The van der Waals surface area contributed by atoms with Crippen LogP contribution >= 0.6 is 0 Å². The molecule has 7 nitrogen and oxygen atoms in total. The molecule has 1 N–H and O–H groups in total. The third-order valence-electron chi connectivity index (χ3n) is 5.35. The normalized spacial score (nSPS) is 15.1. The van der Waals surface area contributed by atoms with E-state index >= 15 is 0 Å². The van der Waals surface area contributed by atoms with Gasteiger partial charge in [0.2, 0.25) is 10.0 Å². The van der Waals surface area contributed by atoms with Crippen LogP contribution in [0.1, 0.15) is 16.7 Å². The van der Waals surface area contributed by atoms with E-state index in [2.05, 4.69) is 5.32 Å². The summed E-state index contributed by atoms with van der Waals surface area (Å²) in [4.78, 5) is 14.5. The maximum atomic E-state index is 13.0. The first-order valence-corrected chi connectivity index (χ1v) is 11.5. The van der Waals surface area contributed by atoms with E-state index < -0.39 is 10.0 Å². The van der Waals surface area contributed by atoms with Gasteiger partial charge < -0.3 is 15.0 Å². The summed E-state index contributed by atoms with van der Waals surface area (Å²) >= 11 is 0. The van der Waals surface area contributed by atoms with Gasteiger partial charge in [-0.2, -0.15) is 4.31 Å². The molecule has 1 heterocycles. The second-order valence-corrected chi connectivity index (χ2v) is 9.36. The third-order valence-corrected chi connectivity index (χ3v) is 7.39. The molecule has 30 heavy (non-hydrogen) atoms. The molecule has 0 bridgehead atoms. The lowest BCUT2D eigenvalue weighted by molar-refractivity contribution is 0.172. The van der Waals surface area contributed by atoms with E-state index in [1.54, 1.807) is 25.0 Å². The molecule has 1 fully saturated rings. The molecule has 0 unspecified atom stereocenters. The molecule has 2 amide bonds. The number of hydrogen-bond acceptors (Lipinski definition) is 4. The first-order chi connectivity index (χ1) is 14.3. The van der Waals surface area contributed by atoms with Crippen LogP contribution in [0.5, 0.6) is 5.75 Å². The minimum Gasteiger partial charge on any atom is -0.496 e. The van der Waals surface area contributed by atoms with Gasteiger partial charge in [0.25, 0.3) is 0 Å². The van der Waals surface area contributed by atoms with Crippen LogP contribution in [0.15, 0.2) is 47.4 Å². The number of carbonyl (C=O) groups excluding carboxylic acids is 1. The van der Waals surface area contributed by atoms with Crippen LogP contribution in [-0.2, 0) is 16.4 Å². The molecular formula is C22H29N3O4S. The number of piperazine rings is 1. The van der Waals surface area contributed by atoms with Crippen LogP contribution < -0.4 is 10.1 Å². The number of amides is 2. The standard InChI is InChI=1S/C22H29N3O4S/c1-17-8-9-18(2)21(16-17)30(27,28)25-14-12-24(13-15-25)22(26)23-11-10-19-6-4-5-7-20(19)29-3/h4-9,16H,10-15H2,1-3H3,(H,23,26).